The number of rotatable bonds is 0. The summed E-state index contributed by atoms with van der Waals surface area (Å²) in [5.74, 6) is 0.271. The van der Waals surface area contributed by atoms with E-state index in [0.29, 0.717) is 0 Å². The van der Waals surface area contributed by atoms with Crippen molar-refractivity contribution < 1.29 is 18.3 Å². The Labute approximate surface area is 90.3 Å². The van der Waals surface area contributed by atoms with E-state index in [1.54, 1.807) is 12.1 Å². The topological polar surface area (TPSA) is 30.5 Å². The van der Waals surface area contributed by atoms with Gasteiger partial charge in [0.2, 0.25) is 0 Å². The van der Waals surface area contributed by atoms with Gasteiger partial charge in [0.05, 0.1) is 0 Å². The van der Waals surface area contributed by atoms with Crippen LogP contribution in [-0.2, 0) is 5.41 Å². The summed E-state index contributed by atoms with van der Waals surface area (Å²) in [6.45, 7) is 0.890. The minimum Gasteiger partial charge on any atom is -0.395 e. The molecule has 0 bridgehead atoms. The molecule has 0 saturated heterocycles. The first-order chi connectivity index (χ1) is 7.58. The summed E-state index contributed by atoms with van der Waals surface area (Å²) in [7, 11) is 0. The Kier molecular flexibility index (Phi) is 1.22. The third kappa shape index (κ3) is 0.956. The number of hydrogen-bond donors (Lipinski definition) is 1. The van der Waals surface area contributed by atoms with Gasteiger partial charge in [0.15, 0.2) is 11.5 Å². The van der Waals surface area contributed by atoms with Crippen molar-refractivity contribution in [1.82, 2.24) is 0 Å². The molecule has 2 heterocycles. The fourth-order valence-corrected chi connectivity index (χ4v) is 2.54. The lowest BCUT2D eigenvalue weighted by molar-refractivity contribution is -0.286. The Morgan fingerprint density at radius 3 is 2.50 bits per heavy atom. The molecular weight excluding hydrogens is 216 g/mol. The van der Waals surface area contributed by atoms with Gasteiger partial charge in [0.1, 0.15) is 0 Å². The van der Waals surface area contributed by atoms with Gasteiger partial charge in [0, 0.05) is 23.7 Å². The van der Waals surface area contributed by atoms with Gasteiger partial charge in [-0.1, -0.05) is 0 Å². The van der Waals surface area contributed by atoms with Gasteiger partial charge in [-0.2, -0.15) is 0 Å². The highest BCUT2D eigenvalue weighted by atomic mass is 19.3. The second-order valence-corrected chi connectivity index (χ2v) is 4.65. The Morgan fingerprint density at radius 2 is 1.81 bits per heavy atom. The summed E-state index contributed by atoms with van der Waals surface area (Å²) >= 11 is 0. The van der Waals surface area contributed by atoms with Crippen LogP contribution < -0.4 is 14.8 Å². The van der Waals surface area contributed by atoms with Crippen LogP contribution in [0.4, 0.5) is 14.5 Å². The normalized spacial score (nSPS) is 25.4. The molecule has 4 rings (SSSR count). The molecular formula is C11H9F2NO2. The van der Waals surface area contributed by atoms with Gasteiger partial charge in [-0.05, 0) is 24.5 Å². The number of anilines is 1. The highest BCUT2D eigenvalue weighted by Crippen LogP contribution is 2.57. The molecule has 16 heavy (non-hydrogen) atoms. The third-order valence-electron chi connectivity index (χ3n) is 3.58. The van der Waals surface area contributed by atoms with E-state index in [0.717, 1.165) is 30.6 Å². The van der Waals surface area contributed by atoms with Crippen LogP contribution >= 0.6 is 0 Å². The zero-order valence-corrected chi connectivity index (χ0v) is 8.35. The average molecular weight is 225 g/mol. The predicted octanol–water partition coefficient (Wildman–Crippen LogP) is 2.47. The molecule has 3 aliphatic rings. The molecule has 84 valence electrons. The lowest BCUT2D eigenvalue weighted by Crippen LogP contribution is -2.26. The lowest BCUT2D eigenvalue weighted by Gasteiger charge is -2.06. The molecule has 1 N–H and O–H groups in total. The number of halogens is 2. The Morgan fingerprint density at radius 1 is 1.12 bits per heavy atom. The van der Waals surface area contributed by atoms with Crippen molar-refractivity contribution in [3.05, 3.63) is 17.7 Å². The van der Waals surface area contributed by atoms with E-state index in [9.17, 15) is 8.78 Å². The molecule has 1 aliphatic carbocycles. The molecule has 1 saturated carbocycles. The largest absolute Gasteiger partial charge is 0.586 e. The van der Waals surface area contributed by atoms with Gasteiger partial charge >= 0.3 is 6.29 Å². The molecule has 0 unspecified atom stereocenters. The highest BCUT2D eigenvalue weighted by molar-refractivity contribution is 5.69. The van der Waals surface area contributed by atoms with Crippen LogP contribution in [-0.4, -0.2) is 12.8 Å². The summed E-state index contributed by atoms with van der Waals surface area (Å²) in [5.41, 5.74) is 2.16. The number of nitrogens with one attached hydrogen (secondary N) is 1. The Hall–Kier alpha value is -1.52. The van der Waals surface area contributed by atoms with E-state index in [4.69, 9.17) is 0 Å². The molecule has 2 aliphatic heterocycles. The molecule has 1 spiro atoms. The first-order valence-corrected chi connectivity index (χ1v) is 5.26. The second-order valence-electron chi connectivity index (χ2n) is 4.65. The monoisotopic (exact) mass is 225 g/mol. The van der Waals surface area contributed by atoms with E-state index >= 15 is 0 Å². The fraction of sp³-hybridized carbons (Fsp3) is 0.455. The molecule has 1 aromatic rings. The molecule has 0 aromatic heterocycles. The van der Waals surface area contributed by atoms with Crippen molar-refractivity contribution in [3.8, 4) is 11.5 Å². The maximum absolute atomic E-state index is 12.9. The van der Waals surface area contributed by atoms with Crippen LogP contribution in [0.2, 0.25) is 0 Å². The van der Waals surface area contributed by atoms with Crippen molar-refractivity contribution >= 4 is 5.69 Å². The third-order valence-corrected chi connectivity index (χ3v) is 3.58. The van der Waals surface area contributed by atoms with Gasteiger partial charge in [-0.15, -0.1) is 8.78 Å². The number of ether oxygens (including phenoxy) is 2. The number of alkyl halides is 2. The predicted molar refractivity (Wildman–Crippen MR) is 52.0 cm³/mol. The Balaban J connectivity index is 1.85. The zero-order chi connectivity index (χ0) is 11.0. The summed E-state index contributed by atoms with van der Waals surface area (Å²) in [5, 5.41) is 3.23. The quantitative estimate of drug-likeness (QED) is 0.735. The van der Waals surface area contributed by atoms with Crippen LogP contribution in [0.1, 0.15) is 18.4 Å². The van der Waals surface area contributed by atoms with Crippen LogP contribution in [0.25, 0.3) is 0 Å². The number of hydrogen-bond acceptors (Lipinski definition) is 3. The van der Waals surface area contributed by atoms with E-state index in [1.165, 1.54) is 0 Å². The SMILES string of the molecule is FC1(F)Oc2cc3c(cc2O1)C1(CC1)CN3. The molecule has 0 amide bonds. The maximum atomic E-state index is 12.9. The van der Waals surface area contributed by atoms with Crippen LogP contribution in [0, 0.1) is 0 Å². The van der Waals surface area contributed by atoms with Crippen molar-refractivity contribution in [2.75, 3.05) is 11.9 Å². The molecule has 5 heteroatoms. The minimum atomic E-state index is -3.52. The number of benzene rings is 1. The van der Waals surface area contributed by atoms with Crippen LogP contribution in [0.3, 0.4) is 0 Å². The van der Waals surface area contributed by atoms with Gasteiger partial charge < -0.3 is 14.8 Å². The molecule has 1 fully saturated rings. The second kappa shape index (κ2) is 2.26. The minimum absolute atomic E-state index is 0.119. The zero-order valence-electron chi connectivity index (χ0n) is 8.35. The fourth-order valence-electron chi connectivity index (χ4n) is 2.54. The lowest BCUT2D eigenvalue weighted by atomic mass is 9.98. The van der Waals surface area contributed by atoms with Crippen molar-refractivity contribution in [2.24, 2.45) is 0 Å². The first-order valence-electron chi connectivity index (χ1n) is 5.26. The summed E-state index contributed by atoms with van der Waals surface area (Å²) in [4.78, 5) is 0. The van der Waals surface area contributed by atoms with Crippen molar-refractivity contribution in [1.29, 1.82) is 0 Å². The maximum Gasteiger partial charge on any atom is 0.586 e. The van der Waals surface area contributed by atoms with Gasteiger partial charge in [-0.3, -0.25) is 0 Å². The Bertz CT molecular complexity index is 497. The van der Waals surface area contributed by atoms with E-state index in [-0.39, 0.29) is 16.9 Å². The summed E-state index contributed by atoms with van der Waals surface area (Å²) in [6.07, 6.45) is -1.29. The first kappa shape index (κ1) is 8.61. The van der Waals surface area contributed by atoms with Gasteiger partial charge in [-0.25, -0.2) is 0 Å². The summed E-state index contributed by atoms with van der Waals surface area (Å²) in [6, 6.07) is 3.30. The van der Waals surface area contributed by atoms with Crippen LogP contribution in [0.5, 0.6) is 11.5 Å². The highest BCUT2D eigenvalue weighted by Gasteiger charge is 2.51. The van der Waals surface area contributed by atoms with E-state index in [1.807, 2.05) is 0 Å². The molecule has 3 nitrogen and oxygen atoms in total. The van der Waals surface area contributed by atoms with Crippen molar-refractivity contribution in [2.45, 2.75) is 24.6 Å². The average Bonchev–Trinajstić information content (AvgIpc) is 2.81. The smallest absolute Gasteiger partial charge is 0.395 e. The standard InChI is InChI=1S/C11H9F2NO2/c12-11(13)15-8-3-6-7(4-9(8)16-11)14-5-10(6)1-2-10/h3-4,14H,1-2,5H2. The summed E-state index contributed by atoms with van der Waals surface area (Å²) < 4.78 is 34.6. The molecule has 1 aromatic carbocycles. The van der Waals surface area contributed by atoms with E-state index < -0.39 is 6.29 Å². The van der Waals surface area contributed by atoms with Crippen molar-refractivity contribution in [3.63, 3.8) is 0 Å². The molecule has 0 radical (unpaired) electrons. The van der Waals surface area contributed by atoms with Crippen LogP contribution in [0.15, 0.2) is 12.1 Å². The number of fused-ring (bicyclic) bond motifs is 3. The van der Waals surface area contributed by atoms with Gasteiger partial charge in [0.25, 0.3) is 0 Å². The van der Waals surface area contributed by atoms with E-state index in [2.05, 4.69) is 14.8 Å². The molecule has 0 atom stereocenters.